The Labute approximate surface area is 73.6 Å². The number of rotatable bonds is 1. The minimum Gasteiger partial charge on any atom is -0.324 e. The lowest BCUT2D eigenvalue weighted by Gasteiger charge is -1.98. The first-order valence-corrected chi connectivity index (χ1v) is 3.79. The van der Waals surface area contributed by atoms with Crippen molar-refractivity contribution in [2.45, 2.75) is 6.54 Å². The summed E-state index contributed by atoms with van der Waals surface area (Å²) in [6, 6.07) is 4.57. The van der Waals surface area contributed by atoms with Crippen molar-refractivity contribution in [1.82, 2.24) is 15.2 Å². The highest BCUT2D eigenvalue weighted by atomic mass is 19.1. The Morgan fingerprint density at radius 3 is 2.92 bits per heavy atom. The van der Waals surface area contributed by atoms with E-state index in [9.17, 15) is 4.39 Å². The molecule has 13 heavy (non-hydrogen) atoms. The van der Waals surface area contributed by atoms with Crippen LogP contribution in [0.3, 0.4) is 0 Å². The number of benzene rings is 1. The first kappa shape index (κ1) is 8.00. The summed E-state index contributed by atoms with van der Waals surface area (Å²) in [4.78, 5) is 4.02. The van der Waals surface area contributed by atoms with E-state index < -0.39 is 5.82 Å². The molecule has 0 aliphatic rings. The molecule has 0 aliphatic carbocycles. The van der Waals surface area contributed by atoms with Gasteiger partial charge in [-0.05, 0) is 12.1 Å². The summed E-state index contributed by atoms with van der Waals surface area (Å²) < 4.78 is 13.0. The number of aromatic nitrogens is 3. The molecule has 0 aliphatic heterocycles. The molecule has 0 bridgehead atoms. The molecule has 1 aromatic heterocycles. The average Bonchev–Trinajstić information content (AvgIpc) is 2.18. The Hall–Kier alpha value is -1.62. The smallest absolute Gasteiger partial charge is 0.165 e. The maximum atomic E-state index is 13.0. The molecular weight excluding hydrogens is 171 g/mol. The second-order valence-electron chi connectivity index (χ2n) is 2.54. The second kappa shape index (κ2) is 3.02. The molecular formula is C8H7FN4. The van der Waals surface area contributed by atoms with E-state index in [1.165, 1.54) is 6.07 Å². The van der Waals surface area contributed by atoms with Crippen molar-refractivity contribution in [3.8, 4) is 0 Å². The number of halogens is 1. The molecule has 0 spiro atoms. The van der Waals surface area contributed by atoms with Gasteiger partial charge in [-0.2, -0.15) is 0 Å². The molecule has 0 atom stereocenters. The van der Waals surface area contributed by atoms with Crippen LogP contribution in [0.25, 0.3) is 11.0 Å². The van der Waals surface area contributed by atoms with Crippen LogP contribution in [0.15, 0.2) is 18.2 Å². The molecule has 0 unspecified atom stereocenters. The van der Waals surface area contributed by atoms with E-state index in [1.54, 1.807) is 12.1 Å². The van der Waals surface area contributed by atoms with Gasteiger partial charge in [0.25, 0.3) is 0 Å². The molecule has 4 nitrogen and oxygen atoms in total. The summed E-state index contributed by atoms with van der Waals surface area (Å²) >= 11 is 0. The van der Waals surface area contributed by atoms with E-state index in [0.717, 1.165) is 0 Å². The molecule has 1 heterocycles. The lowest BCUT2D eigenvalue weighted by Crippen LogP contribution is -2.05. The van der Waals surface area contributed by atoms with Crippen LogP contribution in [0.1, 0.15) is 5.82 Å². The first-order valence-electron chi connectivity index (χ1n) is 3.79. The molecule has 0 amide bonds. The van der Waals surface area contributed by atoms with Gasteiger partial charge in [-0.25, -0.2) is 9.37 Å². The topological polar surface area (TPSA) is 64.7 Å². The minimum atomic E-state index is -0.416. The molecule has 2 aromatic rings. The van der Waals surface area contributed by atoms with Gasteiger partial charge in [0, 0.05) is 0 Å². The van der Waals surface area contributed by atoms with Gasteiger partial charge < -0.3 is 5.73 Å². The third-order valence-electron chi connectivity index (χ3n) is 1.66. The van der Waals surface area contributed by atoms with Crippen LogP contribution >= 0.6 is 0 Å². The maximum Gasteiger partial charge on any atom is 0.165 e. The highest BCUT2D eigenvalue weighted by molar-refractivity contribution is 5.73. The summed E-state index contributed by atoms with van der Waals surface area (Å²) in [5.74, 6) is -0.000767. The lowest BCUT2D eigenvalue weighted by atomic mass is 10.3. The summed E-state index contributed by atoms with van der Waals surface area (Å²) in [6.45, 7) is 0.208. The summed E-state index contributed by atoms with van der Waals surface area (Å²) in [5.41, 5.74) is 5.98. The second-order valence-corrected chi connectivity index (χ2v) is 2.54. The highest BCUT2D eigenvalue weighted by Crippen LogP contribution is 2.11. The van der Waals surface area contributed by atoms with Crippen molar-refractivity contribution in [2.75, 3.05) is 0 Å². The van der Waals surface area contributed by atoms with Gasteiger partial charge in [0.05, 0.1) is 12.1 Å². The lowest BCUT2D eigenvalue weighted by molar-refractivity contribution is 0.633. The standard InChI is InChI=1S/C8H7FN4/c9-5-2-1-3-6-8(5)13-12-7(4-10)11-6/h1-3H,4,10H2. The van der Waals surface area contributed by atoms with Gasteiger partial charge in [-0.15, -0.1) is 10.2 Å². The predicted molar refractivity (Wildman–Crippen MR) is 45.2 cm³/mol. The van der Waals surface area contributed by atoms with Crippen molar-refractivity contribution in [1.29, 1.82) is 0 Å². The zero-order chi connectivity index (χ0) is 9.26. The van der Waals surface area contributed by atoms with Crippen LogP contribution in [0.4, 0.5) is 4.39 Å². The van der Waals surface area contributed by atoms with E-state index in [1.807, 2.05) is 0 Å². The molecule has 0 saturated heterocycles. The monoisotopic (exact) mass is 178 g/mol. The van der Waals surface area contributed by atoms with E-state index in [-0.39, 0.29) is 12.1 Å². The van der Waals surface area contributed by atoms with Crippen molar-refractivity contribution < 1.29 is 4.39 Å². The van der Waals surface area contributed by atoms with Gasteiger partial charge in [0.2, 0.25) is 0 Å². The number of hydrogen-bond acceptors (Lipinski definition) is 4. The van der Waals surface area contributed by atoms with Crippen LogP contribution in [0.2, 0.25) is 0 Å². The Balaban J connectivity index is 2.72. The van der Waals surface area contributed by atoms with E-state index in [4.69, 9.17) is 5.73 Å². The van der Waals surface area contributed by atoms with Crippen LogP contribution in [-0.4, -0.2) is 15.2 Å². The molecule has 0 radical (unpaired) electrons. The van der Waals surface area contributed by atoms with Crippen molar-refractivity contribution in [3.05, 3.63) is 29.8 Å². The molecule has 0 fully saturated rings. The SMILES string of the molecule is NCc1nnc2c(F)cccc2n1. The van der Waals surface area contributed by atoms with Crippen LogP contribution in [-0.2, 0) is 6.54 Å². The van der Waals surface area contributed by atoms with E-state index in [2.05, 4.69) is 15.2 Å². The van der Waals surface area contributed by atoms with Gasteiger partial charge in [0.15, 0.2) is 11.6 Å². The fraction of sp³-hybridized carbons (Fsp3) is 0.125. The fourth-order valence-electron chi connectivity index (χ4n) is 1.05. The zero-order valence-electron chi connectivity index (χ0n) is 6.74. The number of fused-ring (bicyclic) bond motifs is 1. The predicted octanol–water partition coefficient (Wildman–Crippen LogP) is 0.623. The van der Waals surface area contributed by atoms with Gasteiger partial charge in [0.1, 0.15) is 5.52 Å². The Morgan fingerprint density at radius 2 is 2.15 bits per heavy atom. The normalized spacial score (nSPS) is 10.6. The van der Waals surface area contributed by atoms with Crippen molar-refractivity contribution in [2.24, 2.45) is 5.73 Å². The summed E-state index contributed by atoms with van der Waals surface area (Å²) in [6.07, 6.45) is 0. The maximum absolute atomic E-state index is 13.0. The van der Waals surface area contributed by atoms with Gasteiger partial charge >= 0.3 is 0 Å². The van der Waals surface area contributed by atoms with E-state index in [0.29, 0.717) is 11.3 Å². The van der Waals surface area contributed by atoms with Crippen molar-refractivity contribution >= 4 is 11.0 Å². The van der Waals surface area contributed by atoms with Gasteiger partial charge in [-0.1, -0.05) is 6.07 Å². The minimum absolute atomic E-state index is 0.180. The third-order valence-corrected chi connectivity index (χ3v) is 1.66. The number of nitrogens with zero attached hydrogens (tertiary/aromatic N) is 3. The quantitative estimate of drug-likeness (QED) is 0.695. The number of nitrogens with two attached hydrogens (primary N) is 1. The fourth-order valence-corrected chi connectivity index (χ4v) is 1.05. The Kier molecular flexibility index (Phi) is 1.86. The van der Waals surface area contributed by atoms with E-state index >= 15 is 0 Å². The largest absolute Gasteiger partial charge is 0.324 e. The molecule has 2 rings (SSSR count). The van der Waals surface area contributed by atoms with Crippen LogP contribution < -0.4 is 5.73 Å². The third kappa shape index (κ3) is 1.33. The average molecular weight is 178 g/mol. The van der Waals surface area contributed by atoms with Crippen molar-refractivity contribution in [3.63, 3.8) is 0 Å². The highest BCUT2D eigenvalue weighted by Gasteiger charge is 2.03. The molecule has 2 N–H and O–H groups in total. The summed E-state index contributed by atoms with van der Waals surface area (Å²) in [5, 5.41) is 7.34. The molecule has 5 heteroatoms. The molecule has 66 valence electrons. The number of hydrogen-bond donors (Lipinski definition) is 1. The molecule has 0 saturated carbocycles. The Morgan fingerprint density at radius 1 is 1.31 bits per heavy atom. The molecule has 1 aromatic carbocycles. The zero-order valence-corrected chi connectivity index (χ0v) is 6.74. The van der Waals surface area contributed by atoms with Gasteiger partial charge in [-0.3, -0.25) is 0 Å². The Bertz CT molecular complexity index is 443. The van der Waals surface area contributed by atoms with Crippen LogP contribution in [0.5, 0.6) is 0 Å². The summed E-state index contributed by atoms with van der Waals surface area (Å²) in [7, 11) is 0. The van der Waals surface area contributed by atoms with Crippen LogP contribution in [0, 0.1) is 5.82 Å². The first-order chi connectivity index (χ1) is 6.31.